The van der Waals surface area contributed by atoms with Crippen molar-refractivity contribution < 1.29 is 19.2 Å². The molecule has 4 amide bonds. The number of nitrogens with one attached hydrogen (secondary N) is 3. The Morgan fingerprint density at radius 3 is 2.67 bits per heavy atom. The third-order valence-corrected chi connectivity index (χ3v) is 6.11. The molecular formula is C22H23N7O4. The van der Waals surface area contributed by atoms with E-state index >= 15 is 0 Å². The fourth-order valence-electron chi connectivity index (χ4n) is 4.43. The van der Waals surface area contributed by atoms with E-state index in [1.54, 1.807) is 18.2 Å². The maximum atomic E-state index is 13.2. The SMILES string of the molecule is O=C1CCC(N2C(=O)c3cccc(CNc4cc(N5CCNCC5)ncn4)c3C2=O)C(=O)N1. The average molecular weight is 449 g/mol. The second-order valence-corrected chi connectivity index (χ2v) is 8.14. The van der Waals surface area contributed by atoms with Crippen molar-refractivity contribution in [3.8, 4) is 0 Å². The number of carbonyl (C=O) groups is 4. The number of aromatic nitrogens is 2. The number of hydrogen-bond donors (Lipinski definition) is 3. The highest BCUT2D eigenvalue weighted by molar-refractivity contribution is 6.24. The normalized spacial score (nSPS) is 20.7. The first-order valence-electron chi connectivity index (χ1n) is 10.9. The van der Waals surface area contributed by atoms with Crippen molar-refractivity contribution in [2.24, 2.45) is 0 Å². The molecule has 1 unspecified atom stereocenters. The van der Waals surface area contributed by atoms with E-state index in [-0.39, 0.29) is 30.5 Å². The third kappa shape index (κ3) is 3.91. The largest absolute Gasteiger partial charge is 0.366 e. The number of nitrogens with zero attached hydrogens (tertiary/aromatic N) is 4. The molecule has 0 bridgehead atoms. The van der Waals surface area contributed by atoms with E-state index in [0.29, 0.717) is 11.4 Å². The minimum absolute atomic E-state index is 0.0847. The summed E-state index contributed by atoms with van der Waals surface area (Å²) in [6.45, 7) is 3.76. The molecule has 0 spiro atoms. The number of anilines is 2. The van der Waals surface area contributed by atoms with Crippen molar-refractivity contribution in [2.45, 2.75) is 25.4 Å². The van der Waals surface area contributed by atoms with Gasteiger partial charge in [0.1, 0.15) is 24.0 Å². The molecule has 2 saturated heterocycles. The molecule has 2 aromatic rings. The molecule has 33 heavy (non-hydrogen) atoms. The molecule has 3 N–H and O–H groups in total. The van der Waals surface area contributed by atoms with Gasteiger partial charge in [0.2, 0.25) is 11.8 Å². The number of benzene rings is 1. The third-order valence-electron chi connectivity index (χ3n) is 6.11. The monoisotopic (exact) mass is 449 g/mol. The van der Waals surface area contributed by atoms with Gasteiger partial charge in [-0.1, -0.05) is 12.1 Å². The van der Waals surface area contributed by atoms with Crippen LogP contribution in [0, 0.1) is 0 Å². The smallest absolute Gasteiger partial charge is 0.262 e. The lowest BCUT2D eigenvalue weighted by Crippen LogP contribution is -2.54. The van der Waals surface area contributed by atoms with Gasteiger partial charge in [0.15, 0.2) is 0 Å². The van der Waals surface area contributed by atoms with Gasteiger partial charge in [-0.05, 0) is 18.1 Å². The van der Waals surface area contributed by atoms with Crippen molar-refractivity contribution in [1.82, 2.24) is 25.5 Å². The maximum absolute atomic E-state index is 13.2. The Hall–Kier alpha value is -3.86. The number of imide groups is 2. The molecule has 2 fully saturated rings. The molecule has 5 rings (SSSR count). The quantitative estimate of drug-likeness (QED) is 0.535. The topological polar surface area (TPSA) is 137 Å². The van der Waals surface area contributed by atoms with Crippen LogP contribution in [-0.2, 0) is 16.1 Å². The van der Waals surface area contributed by atoms with Crippen LogP contribution in [-0.4, -0.2) is 70.7 Å². The van der Waals surface area contributed by atoms with Crippen LogP contribution in [0.2, 0.25) is 0 Å². The zero-order chi connectivity index (χ0) is 22.9. The Bertz CT molecular complexity index is 1150. The number of piperidine rings is 1. The summed E-state index contributed by atoms with van der Waals surface area (Å²) in [4.78, 5) is 61.7. The predicted molar refractivity (Wildman–Crippen MR) is 118 cm³/mol. The predicted octanol–water partition coefficient (Wildman–Crippen LogP) is -0.100. The van der Waals surface area contributed by atoms with Crippen LogP contribution >= 0.6 is 0 Å². The van der Waals surface area contributed by atoms with Crippen molar-refractivity contribution in [3.05, 3.63) is 47.3 Å². The van der Waals surface area contributed by atoms with Crippen LogP contribution in [0.15, 0.2) is 30.6 Å². The highest BCUT2D eigenvalue weighted by atomic mass is 16.2. The average Bonchev–Trinajstić information content (AvgIpc) is 3.09. The molecule has 0 aliphatic carbocycles. The Labute approximate surface area is 189 Å². The molecule has 3 aliphatic rings. The first kappa shape index (κ1) is 21.0. The molecule has 170 valence electrons. The summed E-state index contributed by atoms with van der Waals surface area (Å²) in [6, 6.07) is 5.93. The second-order valence-electron chi connectivity index (χ2n) is 8.14. The molecule has 4 heterocycles. The van der Waals surface area contributed by atoms with E-state index in [1.165, 1.54) is 6.33 Å². The summed E-state index contributed by atoms with van der Waals surface area (Å²) in [5.41, 5.74) is 1.16. The first-order valence-corrected chi connectivity index (χ1v) is 10.9. The van der Waals surface area contributed by atoms with Gasteiger partial charge in [-0.15, -0.1) is 0 Å². The van der Waals surface area contributed by atoms with Crippen LogP contribution < -0.4 is 20.9 Å². The van der Waals surface area contributed by atoms with Crippen molar-refractivity contribution in [3.63, 3.8) is 0 Å². The summed E-state index contributed by atoms with van der Waals surface area (Å²) in [5.74, 6) is -0.636. The standard InChI is InChI=1S/C22H23N7O4/c30-18-5-4-15(20(31)27-18)29-21(32)14-3-1-2-13(19(14)22(29)33)11-24-16-10-17(26-12-25-16)28-8-6-23-7-9-28/h1-3,10,12,15,23H,4-9,11H2,(H,24,25,26)(H,27,30,31). The van der Waals surface area contributed by atoms with E-state index < -0.39 is 29.7 Å². The van der Waals surface area contributed by atoms with Crippen LogP contribution in [0.1, 0.15) is 39.1 Å². The van der Waals surface area contributed by atoms with Crippen LogP contribution in [0.25, 0.3) is 0 Å². The summed E-state index contributed by atoms with van der Waals surface area (Å²) in [7, 11) is 0. The van der Waals surface area contributed by atoms with Gasteiger partial charge in [-0.3, -0.25) is 29.4 Å². The highest BCUT2D eigenvalue weighted by Gasteiger charge is 2.45. The molecule has 11 heteroatoms. The Morgan fingerprint density at radius 2 is 1.88 bits per heavy atom. The summed E-state index contributed by atoms with van der Waals surface area (Å²) >= 11 is 0. The molecule has 1 aromatic heterocycles. The molecule has 11 nitrogen and oxygen atoms in total. The zero-order valence-electron chi connectivity index (χ0n) is 17.8. The molecule has 3 aliphatic heterocycles. The second kappa shape index (κ2) is 8.58. The number of fused-ring (bicyclic) bond motifs is 1. The lowest BCUT2D eigenvalue weighted by atomic mass is 10.0. The Morgan fingerprint density at radius 1 is 1.06 bits per heavy atom. The molecule has 1 atom stereocenters. The van der Waals surface area contributed by atoms with Gasteiger partial charge in [-0.25, -0.2) is 9.97 Å². The van der Waals surface area contributed by atoms with Crippen LogP contribution in [0.5, 0.6) is 0 Å². The Kier molecular flexibility index (Phi) is 5.47. The van der Waals surface area contributed by atoms with E-state index in [4.69, 9.17) is 0 Å². The fraction of sp³-hybridized carbons (Fsp3) is 0.364. The summed E-state index contributed by atoms with van der Waals surface area (Å²) in [5, 5.41) is 8.73. The Balaban J connectivity index is 1.35. The minimum atomic E-state index is -0.987. The summed E-state index contributed by atoms with van der Waals surface area (Å²) in [6.07, 6.45) is 1.70. The van der Waals surface area contributed by atoms with Gasteiger partial charge < -0.3 is 15.5 Å². The number of amides is 4. The number of piperazine rings is 1. The van der Waals surface area contributed by atoms with Crippen molar-refractivity contribution >= 4 is 35.3 Å². The van der Waals surface area contributed by atoms with E-state index in [2.05, 4.69) is 30.8 Å². The maximum Gasteiger partial charge on any atom is 0.262 e. The van der Waals surface area contributed by atoms with Crippen molar-refractivity contribution in [1.29, 1.82) is 0 Å². The van der Waals surface area contributed by atoms with Gasteiger partial charge in [0.05, 0.1) is 11.1 Å². The van der Waals surface area contributed by atoms with Gasteiger partial charge in [0.25, 0.3) is 11.8 Å². The number of rotatable bonds is 5. The molecular weight excluding hydrogens is 426 g/mol. The fourth-order valence-corrected chi connectivity index (χ4v) is 4.43. The molecule has 0 radical (unpaired) electrons. The van der Waals surface area contributed by atoms with Gasteiger partial charge >= 0.3 is 0 Å². The molecule has 0 saturated carbocycles. The first-order chi connectivity index (χ1) is 16.0. The number of hydrogen-bond acceptors (Lipinski definition) is 9. The number of carbonyl (C=O) groups excluding carboxylic acids is 4. The lowest BCUT2D eigenvalue weighted by molar-refractivity contribution is -0.136. The van der Waals surface area contributed by atoms with E-state index in [1.807, 2.05) is 6.07 Å². The summed E-state index contributed by atoms with van der Waals surface area (Å²) < 4.78 is 0. The van der Waals surface area contributed by atoms with Crippen molar-refractivity contribution in [2.75, 3.05) is 36.4 Å². The highest BCUT2D eigenvalue weighted by Crippen LogP contribution is 2.30. The minimum Gasteiger partial charge on any atom is -0.366 e. The van der Waals surface area contributed by atoms with Crippen LogP contribution in [0.3, 0.4) is 0 Å². The van der Waals surface area contributed by atoms with Gasteiger partial charge in [-0.2, -0.15) is 0 Å². The van der Waals surface area contributed by atoms with Gasteiger partial charge in [0, 0.05) is 45.2 Å². The van der Waals surface area contributed by atoms with E-state index in [0.717, 1.165) is 36.9 Å². The van der Waals surface area contributed by atoms with E-state index in [9.17, 15) is 19.2 Å². The lowest BCUT2D eigenvalue weighted by Gasteiger charge is -2.28. The van der Waals surface area contributed by atoms with Crippen LogP contribution in [0.4, 0.5) is 11.6 Å². The molecule has 1 aromatic carbocycles. The zero-order valence-corrected chi connectivity index (χ0v) is 17.8.